The molecule has 0 bridgehead atoms. The molecule has 0 saturated heterocycles. The summed E-state index contributed by atoms with van der Waals surface area (Å²) in [6.07, 6.45) is 6.22. The number of nitrogens with zero attached hydrogens (tertiary/aromatic N) is 2. The van der Waals surface area contributed by atoms with Gasteiger partial charge in [-0.05, 0) is 23.8 Å². The maximum atomic E-state index is 11.7. The Hall–Kier alpha value is -2.36. The SMILES string of the molecule is O=C(Cc1cccnc1)C(=O)c1cccnc1. The molecule has 0 atom stereocenters. The van der Waals surface area contributed by atoms with Gasteiger partial charge in [-0.25, -0.2) is 0 Å². The normalized spacial score (nSPS) is 9.88. The molecule has 2 aromatic heterocycles. The molecule has 84 valence electrons. The van der Waals surface area contributed by atoms with Crippen LogP contribution in [0.5, 0.6) is 0 Å². The first-order valence-electron chi connectivity index (χ1n) is 5.14. The standard InChI is InChI=1S/C13H10N2O2/c16-12(7-10-3-1-5-14-8-10)13(17)11-4-2-6-15-9-11/h1-6,8-9H,7H2. The van der Waals surface area contributed by atoms with E-state index in [1.807, 2.05) is 0 Å². The first-order valence-corrected chi connectivity index (χ1v) is 5.14. The number of carbonyl (C=O) groups is 2. The third-order valence-corrected chi connectivity index (χ3v) is 2.26. The maximum Gasteiger partial charge on any atom is 0.230 e. The van der Waals surface area contributed by atoms with Crippen LogP contribution in [-0.2, 0) is 11.2 Å². The predicted molar refractivity (Wildman–Crippen MR) is 61.5 cm³/mol. The van der Waals surface area contributed by atoms with Crippen molar-refractivity contribution in [2.75, 3.05) is 0 Å². The van der Waals surface area contributed by atoms with Crippen LogP contribution in [0.2, 0.25) is 0 Å². The third kappa shape index (κ3) is 2.81. The summed E-state index contributed by atoms with van der Waals surface area (Å²) in [6.45, 7) is 0. The summed E-state index contributed by atoms with van der Waals surface area (Å²) < 4.78 is 0. The van der Waals surface area contributed by atoms with Gasteiger partial charge in [0.15, 0.2) is 0 Å². The molecule has 0 spiro atoms. The first kappa shape index (κ1) is 11.1. The van der Waals surface area contributed by atoms with Crippen molar-refractivity contribution in [1.29, 1.82) is 0 Å². The van der Waals surface area contributed by atoms with Crippen LogP contribution in [0.3, 0.4) is 0 Å². The molecule has 2 rings (SSSR count). The topological polar surface area (TPSA) is 59.9 Å². The van der Waals surface area contributed by atoms with Crippen molar-refractivity contribution in [2.24, 2.45) is 0 Å². The van der Waals surface area contributed by atoms with Crippen LogP contribution in [0.1, 0.15) is 15.9 Å². The summed E-state index contributed by atoms with van der Waals surface area (Å²) in [7, 11) is 0. The largest absolute Gasteiger partial charge is 0.290 e. The Balaban J connectivity index is 2.09. The molecule has 0 aromatic carbocycles. The fourth-order valence-corrected chi connectivity index (χ4v) is 1.43. The summed E-state index contributed by atoms with van der Waals surface area (Å²) >= 11 is 0. The molecular weight excluding hydrogens is 216 g/mol. The van der Waals surface area contributed by atoms with Gasteiger partial charge in [-0.1, -0.05) is 6.07 Å². The number of hydrogen-bond donors (Lipinski definition) is 0. The maximum absolute atomic E-state index is 11.7. The smallest absolute Gasteiger partial charge is 0.230 e. The van der Waals surface area contributed by atoms with Gasteiger partial charge in [0.25, 0.3) is 0 Å². The first-order chi connectivity index (χ1) is 8.27. The van der Waals surface area contributed by atoms with E-state index in [0.29, 0.717) is 5.56 Å². The molecule has 0 radical (unpaired) electrons. The molecule has 0 saturated carbocycles. The molecule has 0 unspecified atom stereocenters. The van der Waals surface area contributed by atoms with E-state index < -0.39 is 11.6 Å². The molecule has 4 heteroatoms. The molecule has 0 amide bonds. The van der Waals surface area contributed by atoms with Crippen LogP contribution in [0.4, 0.5) is 0 Å². The highest BCUT2D eigenvalue weighted by molar-refractivity contribution is 6.44. The van der Waals surface area contributed by atoms with Crippen molar-refractivity contribution >= 4 is 11.6 Å². The van der Waals surface area contributed by atoms with Crippen LogP contribution in [0.25, 0.3) is 0 Å². The summed E-state index contributed by atoms with van der Waals surface area (Å²) in [5, 5.41) is 0. The lowest BCUT2D eigenvalue weighted by molar-refractivity contribution is -0.114. The molecular formula is C13H10N2O2. The summed E-state index contributed by atoms with van der Waals surface area (Å²) in [6, 6.07) is 6.71. The number of rotatable bonds is 4. The number of hydrogen-bond acceptors (Lipinski definition) is 4. The summed E-state index contributed by atoms with van der Waals surface area (Å²) in [4.78, 5) is 31.2. The number of aromatic nitrogens is 2. The van der Waals surface area contributed by atoms with E-state index in [2.05, 4.69) is 9.97 Å². The van der Waals surface area contributed by atoms with E-state index in [9.17, 15) is 9.59 Å². The van der Waals surface area contributed by atoms with Gasteiger partial charge in [-0.15, -0.1) is 0 Å². The molecule has 17 heavy (non-hydrogen) atoms. The number of Topliss-reactive ketones (excluding diaryl/α,β-unsaturated/α-hetero) is 2. The number of carbonyl (C=O) groups excluding carboxylic acids is 2. The van der Waals surface area contributed by atoms with E-state index in [1.165, 1.54) is 6.20 Å². The molecule has 2 aromatic rings. The van der Waals surface area contributed by atoms with Crippen molar-refractivity contribution in [1.82, 2.24) is 9.97 Å². The van der Waals surface area contributed by atoms with Crippen molar-refractivity contribution in [3.63, 3.8) is 0 Å². The molecule has 0 aliphatic carbocycles. The van der Waals surface area contributed by atoms with Gasteiger partial charge in [0.2, 0.25) is 11.6 Å². The van der Waals surface area contributed by atoms with Crippen LogP contribution < -0.4 is 0 Å². The van der Waals surface area contributed by atoms with Gasteiger partial charge < -0.3 is 0 Å². The highest BCUT2D eigenvalue weighted by atomic mass is 16.2. The quantitative estimate of drug-likeness (QED) is 0.585. The van der Waals surface area contributed by atoms with E-state index in [-0.39, 0.29) is 6.42 Å². The Labute approximate surface area is 98.3 Å². The second-order valence-electron chi connectivity index (χ2n) is 3.53. The predicted octanol–water partition coefficient (Wildman–Crippen LogP) is 1.47. The van der Waals surface area contributed by atoms with Crippen LogP contribution in [0.15, 0.2) is 49.1 Å². The Morgan fingerprint density at radius 3 is 2.29 bits per heavy atom. The zero-order valence-electron chi connectivity index (χ0n) is 9.04. The van der Waals surface area contributed by atoms with Crippen LogP contribution in [-0.4, -0.2) is 21.5 Å². The minimum absolute atomic E-state index is 0.0710. The summed E-state index contributed by atoms with van der Waals surface area (Å²) in [5.41, 5.74) is 1.05. The lowest BCUT2D eigenvalue weighted by atomic mass is 10.0. The molecule has 0 N–H and O–H groups in total. The Morgan fingerprint density at radius 2 is 1.71 bits per heavy atom. The molecule has 0 aliphatic heterocycles. The van der Waals surface area contributed by atoms with E-state index in [1.54, 1.807) is 42.9 Å². The number of pyridine rings is 2. The Kier molecular flexibility index (Phi) is 3.35. The average Bonchev–Trinajstić information content (AvgIpc) is 2.40. The van der Waals surface area contributed by atoms with E-state index in [0.717, 1.165) is 5.56 Å². The van der Waals surface area contributed by atoms with Gasteiger partial charge in [-0.3, -0.25) is 19.6 Å². The monoisotopic (exact) mass is 226 g/mol. The van der Waals surface area contributed by atoms with Crippen molar-refractivity contribution in [3.05, 3.63) is 60.2 Å². The van der Waals surface area contributed by atoms with Crippen LogP contribution in [0, 0.1) is 0 Å². The lowest BCUT2D eigenvalue weighted by Crippen LogP contribution is -2.16. The molecule has 0 fully saturated rings. The van der Waals surface area contributed by atoms with Gasteiger partial charge in [0.1, 0.15) is 0 Å². The summed E-state index contributed by atoms with van der Waals surface area (Å²) in [5.74, 6) is -0.965. The van der Waals surface area contributed by atoms with Crippen molar-refractivity contribution in [2.45, 2.75) is 6.42 Å². The minimum atomic E-state index is -0.512. The fraction of sp³-hybridized carbons (Fsp3) is 0.0769. The van der Waals surface area contributed by atoms with Crippen LogP contribution >= 0.6 is 0 Å². The van der Waals surface area contributed by atoms with Crippen molar-refractivity contribution < 1.29 is 9.59 Å². The number of ketones is 2. The molecule has 0 aliphatic rings. The average molecular weight is 226 g/mol. The van der Waals surface area contributed by atoms with Gasteiger partial charge in [0, 0.05) is 36.8 Å². The second-order valence-corrected chi connectivity index (χ2v) is 3.53. The zero-order valence-corrected chi connectivity index (χ0v) is 9.04. The van der Waals surface area contributed by atoms with E-state index >= 15 is 0 Å². The Morgan fingerprint density at radius 1 is 1.00 bits per heavy atom. The molecule has 2 heterocycles. The van der Waals surface area contributed by atoms with E-state index in [4.69, 9.17) is 0 Å². The van der Waals surface area contributed by atoms with Gasteiger partial charge in [0.05, 0.1) is 0 Å². The van der Waals surface area contributed by atoms with Gasteiger partial charge >= 0.3 is 0 Å². The fourth-order valence-electron chi connectivity index (χ4n) is 1.43. The zero-order chi connectivity index (χ0) is 12.1. The van der Waals surface area contributed by atoms with Crippen molar-refractivity contribution in [3.8, 4) is 0 Å². The second kappa shape index (κ2) is 5.12. The molecule has 4 nitrogen and oxygen atoms in total. The third-order valence-electron chi connectivity index (χ3n) is 2.26. The Bertz CT molecular complexity index is 524. The highest BCUT2D eigenvalue weighted by Crippen LogP contribution is 2.03. The minimum Gasteiger partial charge on any atom is -0.290 e. The lowest BCUT2D eigenvalue weighted by Gasteiger charge is -1.99. The highest BCUT2D eigenvalue weighted by Gasteiger charge is 2.16. The van der Waals surface area contributed by atoms with Gasteiger partial charge in [-0.2, -0.15) is 0 Å².